The van der Waals surface area contributed by atoms with Gasteiger partial charge in [-0.25, -0.2) is 4.79 Å². The Bertz CT molecular complexity index is 410. The van der Waals surface area contributed by atoms with E-state index < -0.39 is 5.60 Å². The van der Waals surface area contributed by atoms with Gasteiger partial charge in [-0.2, -0.15) is 0 Å². The lowest BCUT2D eigenvalue weighted by molar-refractivity contribution is 0.0230. The van der Waals surface area contributed by atoms with Gasteiger partial charge in [0.1, 0.15) is 5.60 Å². The maximum absolute atomic E-state index is 12.5. The molecular formula is C20H36N2O2. The second-order valence-electron chi connectivity index (χ2n) is 9.19. The van der Waals surface area contributed by atoms with Crippen molar-refractivity contribution in [2.75, 3.05) is 13.1 Å². The van der Waals surface area contributed by atoms with Crippen LogP contribution in [-0.4, -0.2) is 41.8 Å². The zero-order valence-corrected chi connectivity index (χ0v) is 15.9. The van der Waals surface area contributed by atoms with E-state index in [0.29, 0.717) is 12.1 Å². The number of nitrogens with one attached hydrogen (secondary N) is 1. The van der Waals surface area contributed by atoms with Crippen LogP contribution in [-0.2, 0) is 4.74 Å². The molecule has 0 radical (unpaired) electrons. The molecule has 3 rings (SSSR count). The summed E-state index contributed by atoms with van der Waals surface area (Å²) in [6.07, 6.45) is 11.8. The molecule has 0 aromatic carbocycles. The van der Waals surface area contributed by atoms with Crippen LogP contribution in [0.15, 0.2) is 0 Å². The second kappa shape index (κ2) is 7.63. The minimum atomic E-state index is -0.410. The molecule has 0 aromatic heterocycles. The van der Waals surface area contributed by atoms with Crippen molar-refractivity contribution < 1.29 is 9.53 Å². The lowest BCUT2D eigenvalue weighted by atomic mass is 9.68. The van der Waals surface area contributed by atoms with E-state index in [4.69, 9.17) is 4.74 Å². The number of hydrogen-bond acceptors (Lipinski definition) is 3. The Morgan fingerprint density at radius 2 is 1.62 bits per heavy atom. The third-order valence-electron chi connectivity index (χ3n) is 6.07. The average Bonchev–Trinajstić information content (AvgIpc) is 2.58. The molecule has 1 atom stereocenters. The van der Waals surface area contributed by atoms with Gasteiger partial charge in [-0.15, -0.1) is 0 Å². The van der Waals surface area contributed by atoms with Crippen LogP contribution < -0.4 is 5.32 Å². The first-order valence-electron chi connectivity index (χ1n) is 10.2. The maximum Gasteiger partial charge on any atom is 0.410 e. The molecule has 2 saturated carbocycles. The molecule has 3 aliphatic rings. The lowest BCUT2D eigenvalue weighted by Gasteiger charge is -2.45. The summed E-state index contributed by atoms with van der Waals surface area (Å²) in [5.74, 6) is 1.77. The average molecular weight is 337 g/mol. The van der Waals surface area contributed by atoms with Crippen LogP contribution in [0.2, 0.25) is 0 Å². The Morgan fingerprint density at radius 1 is 1.00 bits per heavy atom. The molecular weight excluding hydrogens is 300 g/mol. The van der Waals surface area contributed by atoms with Crippen LogP contribution in [0.5, 0.6) is 0 Å². The predicted molar refractivity (Wildman–Crippen MR) is 97.1 cm³/mol. The van der Waals surface area contributed by atoms with E-state index in [1.807, 2.05) is 25.7 Å². The third-order valence-corrected chi connectivity index (χ3v) is 6.07. The van der Waals surface area contributed by atoms with Crippen molar-refractivity contribution in [2.45, 2.75) is 96.2 Å². The second-order valence-corrected chi connectivity index (χ2v) is 9.19. The van der Waals surface area contributed by atoms with Gasteiger partial charge >= 0.3 is 6.09 Å². The molecule has 1 heterocycles. The van der Waals surface area contributed by atoms with E-state index in [-0.39, 0.29) is 6.09 Å². The van der Waals surface area contributed by atoms with Crippen LogP contribution in [0.1, 0.15) is 78.6 Å². The first kappa shape index (κ1) is 18.0. The molecule has 1 unspecified atom stereocenters. The Balaban J connectivity index is 1.58. The fourth-order valence-electron chi connectivity index (χ4n) is 4.30. The van der Waals surface area contributed by atoms with Crippen LogP contribution in [0.4, 0.5) is 4.79 Å². The zero-order chi connectivity index (χ0) is 17.2. The first-order chi connectivity index (χ1) is 11.4. The number of carbonyl (C=O) groups excluding carboxylic acids is 1. The fraction of sp³-hybridized carbons (Fsp3) is 0.950. The Kier molecular flexibility index (Phi) is 5.74. The highest BCUT2D eigenvalue weighted by Gasteiger charge is 2.38. The summed E-state index contributed by atoms with van der Waals surface area (Å²) in [5, 5.41) is 4.00. The molecule has 0 bridgehead atoms. The topological polar surface area (TPSA) is 41.6 Å². The van der Waals surface area contributed by atoms with Crippen LogP contribution in [0.3, 0.4) is 0 Å². The molecule has 4 heteroatoms. The lowest BCUT2D eigenvalue weighted by Crippen LogP contribution is -2.54. The molecule has 0 spiro atoms. The smallest absolute Gasteiger partial charge is 0.410 e. The van der Waals surface area contributed by atoms with Gasteiger partial charge in [0.25, 0.3) is 0 Å². The van der Waals surface area contributed by atoms with Crippen molar-refractivity contribution in [2.24, 2.45) is 11.8 Å². The van der Waals surface area contributed by atoms with Gasteiger partial charge in [0.05, 0.1) is 0 Å². The van der Waals surface area contributed by atoms with Gasteiger partial charge < -0.3 is 15.0 Å². The largest absolute Gasteiger partial charge is 0.444 e. The van der Waals surface area contributed by atoms with Crippen LogP contribution >= 0.6 is 0 Å². The Hall–Kier alpha value is -0.770. The van der Waals surface area contributed by atoms with Gasteiger partial charge in [0.2, 0.25) is 0 Å². The van der Waals surface area contributed by atoms with Gasteiger partial charge in [0.15, 0.2) is 0 Å². The summed E-state index contributed by atoms with van der Waals surface area (Å²) in [6, 6.07) is 1.13. The summed E-state index contributed by atoms with van der Waals surface area (Å²) < 4.78 is 5.60. The standard InChI is InChI=1S/C20H36N2O2/c1-20(2,3)24-19(23)22-13-5-4-12-17(14-22)21-18(15-8-6-9-15)16-10-7-11-16/h15-18,21H,4-14H2,1-3H3. The highest BCUT2D eigenvalue weighted by molar-refractivity contribution is 5.68. The molecule has 1 saturated heterocycles. The predicted octanol–water partition coefficient (Wildman–Crippen LogP) is 4.33. The number of likely N-dealkylation sites (tertiary alicyclic amines) is 1. The molecule has 1 aliphatic heterocycles. The SMILES string of the molecule is CC(C)(C)OC(=O)N1CCCCC(NC(C2CCC2)C2CCC2)C1. The molecule has 24 heavy (non-hydrogen) atoms. The van der Waals surface area contributed by atoms with Crippen molar-refractivity contribution in [1.29, 1.82) is 0 Å². The van der Waals surface area contributed by atoms with Crippen molar-refractivity contribution in [3.63, 3.8) is 0 Å². The Morgan fingerprint density at radius 3 is 2.12 bits per heavy atom. The molecule has 4 nitrogen and oxygen atoms in total. The summed E-state index contributed by atoms with van der Waals surface area (Å²) in [5.41, 5.74) is -0.410. The number of nitrogens with zero attached hydrogens (tertiary/aromatic N) is 1. The molecule has 1 amide bonds. The van der Waals surface area contributed by atoms with Crippen molar-refractivity contribution >= 4 is 6.09 Å². The normalized spacial score (nSPS) is 26.7. The number of rotatable bonds is 4. The van der Waals surface area contributed by atoms with Crippen LogP contribution in [0, 0.1) is 11.8 Å². The van der Waals surface area contributed by atoms with Crippen molar-refractivity contribution in [3.8, 4) is 0 Å². The van der Waals surface area contributed by atoms with E-state index in [1.165, 1.54) is 51.4 Å². The molecule has 138 valence electrons. The van der Waals surface area contributed by atoms with Crippen LogP contribution in [0.25, 0.3) is 0 Å². The minimum Gasteiger partial charge on any atom is -0.444 e. The molecule has 1 N–H and O–H groups in total. The number of amides is 1. The first-order valence-corrected chi connectivity index (χ1v) is 10.2. The van der Waals surface area contributed by atoms with E-state index >= 15 is 0 Å². The monoisotopic (exact) mass is 336 g/mol. The van der Waals surface area contributed by atoms with E-state index in [1.54, 1.807) is 0 Å². The summed E-state index contributed by atoms with van der Waals surface area (Å²) in [7, 11) is 0. The fourth-order valence-corrected chi connectivity index (χ4v) is 4.30. The van der Waals surface area contributed by atoms with E-state index in [9.17, 15) is 4.79 Å². The summed E-state index contributed by atoms with van der Waals surface area (Å²) in [4.78, 5) is 14.4. The highest BCUT2D eigenvalue weighted by Crippen LogP contribution is 2.40. The summed E-state index contributed by atoms with van der Waals surface area (Å²) >= 11 is 0. The van der Waals surface area contributed by atoms with Gasteiger partial charge in [-0.1, -0.05) is 19.3 Å². The van der Waals surface area contributed by atoms with Gasteiger partial charge in [-0.3, -0.25) is 0 Å². The quantitative estimate of drug-likeness (QED) is 0.830. The molecule has 2 aliphatic carbocycles. The van der Waals surface area contributed by atoms with Gasteiger partial charge in [0, 0.05) is 25.2 Å². The van der Waals surface area contributed by atoms with E-state index in [0.717, 1.165) is 31.3 Å². The van der Waals surface area contributed by atoms with Gasteiger partial charge in [-0.05, 0) is 71.1 Å². The van der Waals surface area contributed by atoms with Crippen molar-refractivity contribution in [3.05, 3.63) is 0 Å². The number of hydrogen-bond donors (Lipinski definition) is 1. The zero-order valence-electron chi connectivity index (χ0n) is 15.9. The van der Waals surface area contributed by atoms with E-state index in [2.05, 4.69) is 5.32 Å². The molecule has 3 fully saturated rings. The Labute approximate surface area is 147 Å². The molecule has 0 aromatic rings. The maximum atomic E-state index is 12.5. The number of carbonyl (C=O) groups is 1. The highest BCUT2D eigenvalue weighted by atomic mass is 16.6. The third kappa shape index (κ3) is 4.65. The van der Waals surface area contributed by atoms with Crippen molar-refractivity contribution in [1.82, 2.24) is 10.2 Å². The minimum absolute atomic E-state index is 0.139. The number of ether oxygens (including phenoxy) is 1. The summed E-state index contributed by atoms with van der Waals surface area (Å²) in [6.45, 7) is 7.49.